The molecule has 1 amide bonds. The van der Waals surface area contributed by atoms with Crippen LogP contribution in [0.4, 0.5) is 4.39 Å². The van der Waals surface area contributed by atoms with Crippen molar-refractivity contribution < 1.29 is 18.4 Å². The normalized spacial score (nSPS) is 12.9. The largest absolute Gasteiger partial charge is 0.481 e. The highest BCUT2D eigenvalue weighted by molar-refractivity contribution is 6.29. The van der Waals surface area contributed by atoms with Crippen LogP contribution in [0.2, 0.25) is 5.15 Å². The van der Waals surface area contributed by atoms with Gasteiger partial charge in [-0.15, -0.1) is 0 Å². The van der Waals surface area contributed by atoms with Crippen LogP contribution in [0.25, 0.3) is 11.4 Å². The van der Waals surface area contributed by atoms with E-state index in [1.165, 1.54) is 24.3 Å². The van der Waals surface area contributed by atoms with Crippen molar-refractivity contribution in [3.05, 3.63) is 76.8 Å². The summed E-state index contributed by atoms with van der Waals surface area (Å²) in [5, 5.41) is 11.2. The van der Waals surface area contributed by atoms with Gasteiger partial charge >= 0.3 is 11.8 Å². The Morgan fingerprint density at radius 2 is 2.00 bits per heavy atom. The summed E-state index contributed by atoms with van der Waals surface area (Å²) < 4.78 is 25.4. The lowest BCUT2D eigenvalue weighted by molar-refractivity contribution is 0.0903. The van der Waals surface area contributed by atoms with Crippen LogP contribution in [0.15, 0.2) is 53.2 Å². The SMILES string of the molecule is COc1c(C(C)(CNC(=O)c2nc(-c3ccc(F)cc3)no2)c2cccc(Cl)n2)cnn1C. The second kappa shape index (κ2) is 8.99. The molecule has 0 spiro atoms. The first-order valence-electron chi connectivity index (χ1n) is 9.89. The number of pyridine rings is 1. The summed E-state index contributed by atoms with van der Waals surface area (Å²) >= 11 is 6.14. The summed E-state index contributed by atoms with van der Waals surface area (Å²) in [5.41, 5.74) is 0.992. The number of nitrogens with one attached hydrogen (secondary N) is 1. The van der Waals surface area contributed by atoms with Gasteiger partial charge < -0.3 is 14.6 Å². The number of nitrogens with zero attached hydrogens (tertiary/aromatic N) is 5. The summed E-state index contributed by atoms with van der Waals surface area (Å²) in [4.78, 5) is 21.4. The maximum Gasteiger partial charge on any atom is 0.316 e. The molecule has 4 rings (SSSR count). The lowest BCUT2D eigenvalue weighted by atomic mass is 9.80. The molecule has 0 saturated heterocycles. The van der Waals surface area contributed by atoms with Crippen LogP contribution in [-0.2, 0) is 12.5 Å². The minimum Gasteiger partial charge on any atom is -0.481 e. The molecule has 0 fully saturated rings. The Hall–Kier alpha value is -3.79. The van der Waals surface area contributed by atoms with Crippen LogP contribution in [0.5, 0.6) is 5.88 Å². The van der Waals surface area contributed by atoms with Gasteiger partial charge in [-0.1, -0.05) is 22.8 Å². The first-order valence-corrected chi connectivity index (χ1v) is 10.3. The Labute approximate surface area is 193 Å². The number of amides is 1. The lowest BCUT2D eigenvalue weighted by Gasteiger charge is -2.29. The number of hydrogen-bond acceptors (Lipinski definition) is 7. The highest BCUT2D eigenvalue weighted by Crippen LogP contribution is 2.36. The van der Waals surface area contributed by atoms with Gasteiger partial charge in [0.1, 0.15) is 11.0 Å². The van der Waals surface area contributed by atoms with Crippen molar-refractivity contribution in [1.29, 1.82) is 0 Å². The zero-order valence-corrected chi connectivity index (χ0v) is 18.8. The van der Waals surface area contributed by atoms with Crippen LogP contribution in [-0.4, -0.2) is 44.5 Å². The van der Waals surface area contributed by atoms with Crippen LogP contribution < -0.4 is 10.1 Å². The van der Waals surface area contributed by atoms with Gasteiger partial charge in [-0.2, -0.15) is 10.1 Å². The van der Waals surface area contributed by atoms with E-state index in [-0.39, 0.29) is 24.1 Å². The number of carbonyl (C=O) groups excluding carboxylic acids is 1. The Kier molecular flexibility index (Phi) is 6.10. The molecule has 0 bridgehead atoms. The predicted octanol–water partition coefficient (Wildman–Crippen LogP) is 3.40. The number of hydrogen-bond donors (Lipinski definition) is 1. The zero-order chi connectivity index (χ0) is 23.6. The van der Waals surface area contributed by atoms with Crippen LogP contribution in [0, 0.1) is 5.82 Å². The van der Waals surface area contributed by atoms with Gasteiger partial charge in [0.05, 0.1) is 24.4 Å². The van der Waals surface area contributed by atoms with E-state index in [0.29, 0.717) is 27.9 Å². The van der Waals surface area contributed by atoms with Gasteiger partial charge in [0.25, 0.3) is 0 Å². The highest BCUT2D eigenvalue weighted by atomic mass is 35.5. The van der Waals surface area contributed by atoms with Crippen molar-refractivity contribution in [2.24, 2.45) is 7.05 Å². The third kappa shape index (κ3) is 4.42. The molecule has 33 heavy (non-hydrogen) atoms. The summed E-state index contributed by atoms with van der Waals surface area (Å²) in [7, 11) is 3.29. The van der Waals surface area contributed by atoms with Crippen molar-refractivity contribution in [3.63, 3.8) is 0 Å². The van der Waals surface area contributed by atoms with Crippen LogP contribution in [0.1, 0.15) is 28.9 Å². The molecule has 170 valence electrons. The van der Waals surface area contributed by atoms with E-state index in [9.17, 15) is 9.18 Å². The van der Waals surface area contributed by atoms with E-state index >= 15 is 0 Å². The first kappa shape index (κ1) is 22.4. The molecule has 1 N–H and O–H groups in total. The van der Waals surface area contributed by atoms with E-state index in [1.54, 1.807) is 37.2 Å². The number of aromatic nitrogens is 5. The number of halogens is 2. The van der Waals surface area contributed by atoms with E-state index < -0.39 is 11.3 Å². The predicted molar refractivity (Wildman–Crippen MR) is 117 cm³/mol. The Morgan fingerprint density at radius 1 is 1.24 bits per heavy atom. The monoisotopic (exact) mass is 470 g/mol. The molecule has 3 aromatic heterocycles. The molecule has 0 aliphatic heterocycles. The van der Waals surface area contributed by atoms with E-state index in [1.807, 2.05) is 13.0 Å². The summed E-state index contributed by atoms with van der Waals surface area (Å²) in [5.74, 6) is -0.501. The Morgan fingerprint density at radius 3 is 2.70 bits per heavy atom. The minimum absolute atomic E-state index is 0.107. The zero-order valence-electron chi connectivity index (χ0n) is 18.0. The fourth-order valence-electron chi connectivity index (χ4n) is 3.45. The second-order valence-electron chi connectivity index (χ2n) is 7.48. The summed E-state index contributed by atoms with van der Waals surface area (Å²) in [6.45, 7) is 2.00. The number of ether oxygens (including phenoxy) is 1. The smallest absolute Gasteiger partial charge is 0.316 e. The standard InChI is InChI=1S/C22H20ClFN6O3/c1-22(16-5-4-6-17(23)27-16,15-11-26-30(2)21(15)32-3)12-25-19(31)20-28-18(29-33-20)13-7-9-14(24)10-8-13/h4-11H,12H2,1-3H3,(H,25,31). The van der Waals surface area contributed by atoms with Gasteiger partial charge in [0.2, 0.25) is 11.7 Å². The maximum atomic E-state index is 13.2. The fourth-order valence-corrected chi connectivity index (χ4v) is 3.61. The van der Waals surface area contributed by atoms with Gasteiger partial charge in [-0.05, 0) is 43.3 Å². The quantitative estimate of drug-likeness (QED) is 0.412. The van der Waals surface area contributed by atoms with Crippen LogP contribution in [0.3, 0.4) is 0 Å². The molecule has 0 radical (unpaired) electrons. The third-order valence-electron chi connectivity index (χ3n) is 5.28. The molecular weight excluding hydrogens is 451 g/mol. The fraction of sp³-hybridized carbons (Fsp3) is 0.227. The molecular formula is C22H20ClFN6O3. The molecule has 0 aliphatic rings. The topological polar surface area (TPSA) is 108 Å². The Bertz CT molecular complexity index is 1290. The van der Waals surface area contributed by atoms with Gasteiger partial charge in [0.15, 0.2) is 0 Å². The van der Waals surface area contributed by atoms with Gasteiger partial charge in [-0.25, -0.2) is 14.1 Å². The first-order chi connectivity index (χ1) is 15.8. The van der Waals surface area contributed by atoms with Gasteiger partial charge in [0, 0.05) is 24.7 Å². The number of rotatable bonds is 7. The third-order valence-corrected chi connectivity index (χ3v) is 5.49. The van der Waals surface area contributed by atoms with E-state index in [2.05, 4.69) is 25.5 Å². The lowest BCUT2D eigenvalue weighted by Crippen LogP contribution is -2.40. The highest BCUT2D eigenvalue weighted by Gasteiger charge is 2.36. The average molecular weight is 471 g/mol. The number of methoxy groups -OCH3 is 1. The van der Waals surface area contributed by atoms with Crippen molar-refractivity contribution in [2.75, 3.05) is 13.7 Å². The molecule has 4 aromatic rings. The van der Waals surface area contributed by atoms with Crippen molar-refractivity contribution in [2.45, 2.75) is 12.3 Å². The van der Waals surface area contributed by atoms with E-state index in [0.717, 1.165) is 0 Å². The number of benzene rings is 1. The molecule has 0 aliphatic carbocycles. The van der Waals surface area contributed by atoms with Crippen molar-refractivity contribution in [3.8, 4) is 17.3 Å². The minimum atomic E-state index is -0.847. The molecule has 3 heterocycles. The van der Waals surface area contributed by atoms with Gasteiger partial charge in [-0.3, -0.25) is 4.79 Å². The van der Waals surface area contributed by atoms with Crippen molar-refractivity contribution in [1.82, 2.24) is 30.2 Å². The Balaban J connectivity index is 1.61. The molecule has 0 saturated carbocycles. The number of aryl methyl sites for hydroxylation is 1. The molecule has 11 heteroatoms. The summed E-state index contributed by atoms with van der Waals surface area (Å²) in [6, 6.07) is 10.8. The molecule has 9 nitrogen and oxygen atoms in total. The molecule has 1 atom stereocenters. The average Bonchev–Trinajstić information content (AvgIpc) is 3.45. The van der Waals surface area contributed by atoms with E-state index in [4.69, 9.17) is 20.9 Å². The summed E-state index contributed by atoms with van der Waals surface area (Å²) in [6.07, 6.45) is 1.66. The van der Waals surface area contributed by atoms with Crippen molar-refractivity contribution >= 4 is 17.5 Å². The maximum absolute atomic E-state index is 13.2. The second-order valence-corrected chi connectivity index (χ2v) is 7.87. The molecule has 1 unspecified atom stereocenters. The number of carbonyl (C=O) groups is 1. The molecule has 1 aromatic carbocycles. The van der Waals surface area contributed by atoms with Crippen LogP contribution >= 0.6 is 11.6 Å².